The van der Waals surface area contributed by atoms with Crippen molar-refractivity contribution in [1.82, 2.24) is 4.90 Å². The molecule has 4 rings (SSSR count). The topological polar surface area (TPSA) is 92.8 Å². The molecule has 11 heteroatoms. The van der Waals surface area contributed by atoms with Crippen LogP contribution in [0.3, 0.4) is 0 Å². The Morgan fingerprint density at radius 3 is 2.62 bits per heavy atom. The van der Waals surface area contributed by atoms with Crippen LogP contribution >= 0.6 is 11.3 Å². The molecule has 0 saturated heterocycles. The molecule has 7 nitrogen and oxygen atoms in total. The average Bonchev–Trinajstić information content (AvgIpc) is 3.43. The quantitative estimate of drug-likeness (QED) is 0.658. The van der Waals surface area contributed by atoms with E-state index in [-0.39, 0.29) is 27.9 Å². The summed E-state index contributed by atoms with van der Waals surface area (Å²) < 4.78 is 59.6. The Morgan fingerprint density at radius 2 is 1.97 bits per heavy atom. The third kappa shape index (κ3) is 4.14. The van der Waals surface area contributed by atoms with Gasteiger partial charge in [0.15, 0.2) is 15.8 Å². The fraction of sp³-hybridized carbons (Fsp3) is 0.333. The lowest BCUT2D eigenvalue weighted by Crippen LogP contribution is -2.36. The second kappa shape index (κ2) is 8.62. The van der Waals surface area contributed by atoms with Crippen molar-refractivity contribution in [3.63, 3.8) is 0 Å². The van der Waals surface area contributed by atoms with E-state index < -0.39 is 27.6 Å². The van der Waals surface area contributed by atoms with Gasteiger partial charge in [0.05, 0.1) is 24.9 Å². The van der Waals surface area contributed by atoms with Crippen molar-refractivity contribution >= 4 is 38.9 Å². The number of allylic oxidation sites excluding steroid dienone is 1. The van der Waals surface area contributed by atoms with E-state index >= 15 is 0 Å². The van der Waals surface area contributed by atoms with E-state index in [2.05, 4.69) is 4.72 Å². The maximum atomic E-state index is 13.5. The van der Waals surface area contributed by atoms with Gasteiger partial charge in [-0.1, -0.05) is 6.08 Å². The number of methoxy groups -OCH3 is 1. The highest BCUT2D eigenvalue weighted by molar-refractivity contribution is 7.94. The first-order valence-corrected chi connectivity index (χ1v) is 12.2. The highest BCUT2D eigenvalue weighted by atomic mass is 32.2. The lowest BCUT2D eigenvalue weighted by molar-refractivity contribution is -0.128. The molecular weight excluding hydrogens is 462 g/mol. The number of halogens is 2. The summed E-state index contributed by atoms with van der Waals surface area (Å²) in [6, 6.07) is 2.60. The molecular formula is C21H20F2N2O5S2. The predicted molar refractivity (Wildman–Crippen MR) is 114 cm³/mol. The molecule has 0 bridgehead atoms. The zero-order chi connectivity index (χ0) is 23.0. The van der Waals surface area contributed by atoms with Gasteiger partial charge in [0.25, 0.3) is 10.0 Å². The highest BCUT2D eigenvalue weighted by Gasteiger charge is 2.35. The lowest BCUT2D eigenvalue weighted by Gasteiger charge is -2.27. The van der Waals surface area contributed by atoms with Crippen LogP contribution in [-0.4, -0.2) is 38.8 Å². The molecule has 1 aromatic carbocycles. The van der Waals surface area contributed by atoms with E-state index in [1.165, 1.54) is 0 Å². The third-order valence-electron chi connectivity index (χ3n) is 5.43. The molecule has 0 unspecified atom stereocenters. The summed E-state index contributed by atoms with van der Waals surface area (Å²) in [4.78, 5) is 27.5. The van der Waals surface area contributed by atoms with Gasteiger partial charge in [-0.25, -0.2) is 22.0 Å². The number of amides is 1. The Labute approximate surface area is 187 Å². The lowest BCUT2D eigenvalue weighted by atomic mass is 10.0. The fourth-order valence-corrected chi connectivity index (χ4v) is 6.83. The van der Waals surface area contributed by atoms with Crippen molar-refractivity contribution < 1.29 is 31.5 Å². The molecule has 0 spiro atoms. The van der Waals surface area contributed by atoms with Crippen LogP contribution in [-0.2, 0) is 32.5 Å². The molecule has 2 aromatic rings. The number of rotatable bonds is 5. The van der Waals surface area contributed by atoms with Gasteiger partial charge in [-0.3, -0.25) is 9.52 Å². The first-order valence-electron chi connectivity index (χ1n) is 9.90. The summed E-state index contributed by atoms with van der Waals surface area (Å²) in [6.45, 7) is 0.529. The maximum absolute atomic E-state index is 13.5. The van der Waals surface area contributed by atoms with Gasteiger partial charge in [0, 0.05) is 23.1 Å². The fourth-order valence-electron chi connectivity index (χ4n) is 3.88. The van der Waals surface area contributed by atoms with Gasteiger partial charge in [-0.2, -0.15) is 0 Å². The van der Waals surface area contributed by atoms with Crippen LogP contribution in [0.1, 0.15) is 40.1 Å². The molecule has 2 aliphatic rings. The first kappa shape index (κ1) is 22.4. The minimum atomic E-state index is -4.31. The molecule has 1 amide bonds. The number of hydrogen-bond acceptors (Lipinski definition) is 6. The van der Waals surface area contributed by atoms with E-state index in [1.807, 2.05) is 6.08 Å². The number of carbonyl (C=O) groups is 2. The van der Waals surface area contributed by atoms with E-state index in [4.69, 9.17) is 4.74 Å². The number of nitrogens with one attached hydrogen (secondary N) is 1. The summed E-state index contributed by atoms with van der Waals surface area (Å²) >= 11 is 0.870. The van der Waals surface area contributed by atoms with Crippen molar-refractivity contribution in [3.8, 4) is 0 Å². The first-order chi connectivity index (χ1) is 15.2. The molecule has 0 atom stereocenters. The molecule has 1 aliphatic heterocycles. The van der Waals surface area contributed by atoms with Gasteiger partial charge >= 0.3 is 5.97 Å². The van der Waals surface area contributed by atoms with Crippen LogP contribution in [0.25, 0.3) is 0 Å². The van der Waals surface area contributed by atoms with Crippen molar-refractivity contribution in [2.45, 2.75) is 36.4 Å². The number of carbonyl (C=O) groups excluding carboxylic acids is 2. The van der Waals surface area contributed by atoms with Crippen molar-refractivity contribution in [1.29, 1.82) is 0 Å². The second-order valence-electron chi connectivity index (χ2n) is 7.49. The molecule has 0 fully saturated rings. The smallest absolute Gasteiger partial charge is 0.340 e. The molecule has 2 heterocycles. The number of fused-ring (bicyclic) bond motifs is 1. The molecule has 1 aliphatic carbocycles. The van der Waals surface area contributed by atoms with E-state index in [0.29, 0.717) is 29.5 Å². The zero-order valence-electron chi connectivity index (χ0n) is 17.1. The molecule has 32 heavy (non-hydrogen) atoms. The van der Waals surface area contributed by atoms with Crippen LogP contribution < -0.4 is 4.72 Å². The van der Waals surface area contributed by atoms with Crippen LogP contribution in [0.15, 0.2) is 34.1 Å². The van der Waals surface area contributed by atoms with Crippen LogP contribution in [0.2, 0.25) is 0 Å². The molecule has 1 N–H and O–H groups in total. The summed E-state index contributed by atoms with van der Waals surface area (Å²) in [6.07, 6.45) is 4.75. The van der Waals surface area contributed by atoms with E-state index in [9.17, 15) is 26.8 Å². The van der Waals surface area contributed by atoms with Crippen LogP contribution in [0.5, 0.6) is 0 Å². The molecule has 0 saturated carbocycles. The SMILES string of the molecule is COC(=O)c1c(S(=O)(=O)Nc2ccc(F)c(F)c2)sc2c1CCN(C(=O)C1=CCCC1)C2. The third-order valence-corrected chi connectivity index (χ3v) is 8.55. The Kier molecular flexibility index (Phi) is 6.04. The number of ether oxygens (including phenoxy) is 1. The number of hydrogen-bond donors (Lipinski definition) is 1. The predicted octanol–water partition coefficient (Wildman–Crippen LogP) is 3.61. The number of sulfonamides is 1. The van der Waals surface area contributed by atoms with Gasteiger partial charge in [-0.05, 0) is 43.4 Å². The Bertz CT molecular complexity index is 1240. The zero-order valence-corrected chi connectivity index (χ0v) is 18.7. The summed E-state index contributed by atoms with van der Waals surface area (Å²) in [7, 11) is -3.16. The minimum absolute atomic E-state index is 0.0783. The Morgan fingerprint density at radius 1 is 1.19 bits per heavy atom. The molecule has 1 aromatic heterocycles. The highest BCUT2D eigenvalue weighted by Crippen LogP contribution is 2.38. The second-order valence-corrected chi connectivity index (χ2v) is 10.5. The van der Waals surface area contributed by atoms with Crippen molar-refractivity contribution in [3.05, 3.63) is 57.5 Å². The van der Waals surface area contributed by atoms with Crippen molar-refractivity contribution in [2.75, 3.05) is 18.4 Å². The van der Waals surface area contributed by atoms with Gasteiger partial charge in [0.1, 0.15) is 0 Å². The largest absolute Gasteiger partial charge is 0.465 e. The molecule has 0 radical (unpaired) electrons. The standard InChI is InChI=1S/C21H20F2N2O5S2/c1-30-20(27)18-14-8-9-25(19(26)12-4-2-3-5-12)11-17(14)31-21(18)32(28,29)24-13-6-7-15(22)16(23)10-13/h4,6-7,10,24H,2-3,5,8-9,11H2,1H3. The van der Waals surface area contributed by atoms with Crippen LogP contribution in [0, 0.1) is 11.6 Å². The normalized spacial score (nSPS) is 15.8. The van der Waals surface area contributed by atoms with Crippen LogP contribution in [0.4, 0.5) is 14.5 Å². The summed E-state index contributed by atoms with van der Waals surface area (Å²) in [5.41, 5.74) is 1.01. The average molecular weight is 483 g/mol. The van der Waals surface area contributed by atoms with Gasteiger partial charge in [0.2, 0.25) is 5.91 Å². The minimum Gasteiger partial charge on any atom is -0.465 e. The van der Waals surface area contributed by atoms with E-state index in [1.54, 1.807) is 4.90 Å². The molecule has 170 valence electrons. The summed E-state index contributed by atoms with van der Waals surface area (Å²) in [5.74, 6) is -3.21. The number of nitrogens with zero attached hydrogens (tertiary/aromatic N) is 1. The Balaban J connectivity index is 1.69. The summed E-state index contributed by atoms with van der Waals surface area (Å²) in [5, 5.41) is 0. The van der Waals surface area contributed by atoms with E-state index in [0.717, 1.165) is 55.4 Å². The van der Waals surface area contributed by atoms with Crippen molar-refractivity contribution in [2.24, 2.45) is 0 Å². The number of thiophene rings is 1. The maximum Gasteiger partial charge on any atom is 0.340 e. The van der Waals surface area contributed by atoms with Gasteiger partial charge in [-0.15, -0.1) is 11.3 Å². The Hall–Kier alpha value is -2.79. The number of benzene rings is 1. The van der Waals surface area contributed by atoms with Gasteiger partial charge < -0.3 is 9.64 Å². The number of esters is 1. The number of anilines is 1. The monoisotopic (exact) mass is 482 g/mol.